The maximum atomic E-state index is 9.48. The predicted molar refractivity (Wildman–Crippen MR) is 44.0 cm³/mol. The van der Waals surface area contributed by atoms with E-state index < -0.39 is 9.05 Å². The van der Waals surface area contributed by atoms with E-state index in [1.165, 1.54) is 0 Å². The minimum Gasteiger partial charge on any atom is -1.00 e. The van der Waals surface area contributed by atoms with Crippen LogP contribution in [0.25, 0.3) is 0 Å². The number of hydrogen-bond acceptors (Lipinski definition) is 4. The van der Waals surface area contributed by atoms with E-state index in [-0.39, 0.29) is 31.0 Å². The van der Waals surface area contributed by atoms with Gasteiger partial charge >= 0.3 is 38.6 Å². The molecule has 0 atom stereocenters. The number of hydrogen-bond donors (Lipinski definition) is 1. The van der Waals surface area contributed by atoms with E-state index in [1.54, 1.807) is 20.8 Å². The van der Waals surface area contributed by atoms with Gasteiger partial charge in [-0.05, 0) is 20.8 Å². The fraction of sp³-hybridized carbons (Fsp3) is 1.00. The van der Waals surface area contributed by atoms with Crippen molar-refractivity contribution >= 4 is 9.05 Å². The van der Waals surface area contributed by atoms with Crippen molar-refractivity contribution in [3.05, 3.63) is 0 Å². The molecule has 0 aliphatic carbocycles. The summed E-state index contributed by atoms with van der Waals surface area (Å²) < 4.78 is 14.9. The first-order valence-corrected chi connectivity index (χ1v) is 5.50. The molecular weight excluding hydrogens is 187 g/mol. The summed E-state index contributed by atoms with van der Waals surface area (Å²) >= 11 is 0. The van der Waals surface area contributed by atoms with Crippen LogP contribution >= 0.6 is 0 Å². The molecule has 0 bridgehead atoms. The topological polar surface area (TPSA) is 47.9 Å². The monoisotopic (exact) mass is 204 g/mol. The predicted octanol–water partition coefficient (Wildman–Crippen LogP) is -2.36. The van der Waals surface area contributed by atoms with Gasteiger partial charge in [-0.25, -0.2) is 0 Å². The summed E-state index contributed by atoms with van der Waals surface area (Å²) in [6.45, 7) is 6.58. The van der Waals surface area contributed by atoms with Crippen molar-refractivity contribution in [2.75, 3.05) is 19.8 Å². The first kappa shape index (κ1) is 15.5. The van der Waals surface area contributed by atoms with Crippen LogP contribution in [-0.4, -0.2) is 33.7 Å². The number of rotatable bonds is 6. The summed E-state index contributed by atoms with van der Waals surface area (Å²) in [5.74, 6) is 0. The van der Waals surface area contributed by atoms with Gasteiger partial charge in [-0.15, -0.1) is 0 Å². The molecule has 0 aromatic rings. The molecule has 4 nitrogen and oxygen atoms in total. The molecule has 0 amide bonds. The molecule has 0 aliphatic heterocycles. The van der Waals surface area contributed by atoms with Gasteiger partial charge in [-0.1, -0.05) is 0 Å². The molecule has 0 aliphatic rings. The summed E-state index contributed by atoms with van der Waals surface area (Å²) in [6.07, 6.45) is 0. The van der Waals surface area contributed by atoms with E-state index in [0.29, 0.717) is 19.8 Å². The average Bonchev–Trinajstić information content (AvgIpc) is 1.88. The van der Waals surface area contributed by atoms with Gasteiger partial charge in [0.2, 0.25) is 0 Å². The second kappa shape index (κ2) is 8.65. The normalized spacial score (nSPS) is 11.0. The summed E-state index contributed by atoms with van der Waals surface area (Å²) in [5, 5.41) is 0. The fourth-order valence-electron chi connectivity index (χ4n) is 0.672. The molecular formula is C6H17NaO4Si. The van der Waals surface area contributed by atoms with Gasteiger partial charge in [0.1, 0.15) is 0 Å². The molecule has 0 fully saturated rings. The molecule has 0 spiro atoms. The van der Waals surface area contributed by atoms with Crippen molar-refractivity contribution in [1.82, 2.24) is 0 Å². The maximum Gasteiger partial charge on any atom is 1.00 e. The molecule has 1 N–H and O–H groups in total. The summed E-state index contributed by atoms with van der Waals surface area (Å²) in [5.41, 5.74) is 0. The Labute approximate surface area is 98.5 Å². The van der Waals surface area contributed by atoms with Gasteiger partial charge in [0.05, 0.1) is 0 Å². The van der Waals surface area contributed by atoms with Gasteiger partial charge in [-0.3, -0.25) is 0 Å². The van der Waals surface area contributed by atoms with Crippen molar-refractivity contribution in [2.24, 2.45) is 0 Å². The average molecular weight is 204 g/mol. The zero-order valence-corrected chi connectivity index (χ0v) is 11.3. The zero-order valence-electron chi connectivity index (χ0n) is 9.29. The largest absolute Gasteiger partial charge is 1.00 e. The van der Waals surface area contributed by atoms with Crippen molar-refractivity contribution in [3.63, 3.8) is 0 Å². The summed E-state index contributed by atoms with van der Waals surface area (Å²) in [6, 6.07) is 0. The van der Waals surface area contributed by atoms with Gasteiger partial charge < -0.3 is 19.5 Å². The second-order valence-electron chi connectivity index (χ2n) is 1.82. The molecule has 0 saturated heterocycles. The third kappa shape index (κ3) is 6.56. The quantitative estimate of drug-likeness (QED) is 0.492. The Kier molecular flexibility index (Phi) is 11.2. The van der Waals surface area contributed by atoms with Crippen LogP contribution in [0.4, 0.5) is 0 Å². The van der Waals surface area contributed by atoms with E-state index in [2.05, 4.69) is 0 Å². The molecule has 0 rings (SSSR count). The molecule has 0 radical (unpaired) electrons. The van der Waals surface area contributed by atoms with E-state index in [0.717, 1.165) is 0 Å². The molecule has 70 valence electrons. The van der Waals surface area contributed by atoms with Gasteiger partial charge in [-0.2, -0.15) is 0 Å². The van der Waals surface area contributed by atoms with E-state index in [4.69, 9.17) is 13.3 Å². The van der Waals surface area contributed by atoms with Gasteiger partial charge in [0, 0.05) is 19.8 Å². The third-order valence-electron chi connectivity index (χ3n) is 0.980. The van der Waals surface area contributed by atoms with Gasteiger partial charge in [0.15, 0.2) is 0 Å². The van der Waals surface area contributed by atoms with Crippen molar-refractivity contribution in [2.45, 2.75) is 20.8 Å². The van der Waals surface area contributed by atoms with Crippen LogP contribution in [0.3, 0.4) is 0 Å². The van der Waals surface area contributed by atoms with E-state index >= 15 is 0 Å². The molecule has 0 saturated carbocycles. The van der Waals surface area contributed by atoms with E-state index in [9.17, 15) is 4.80 Å². The summed E-state index contributed by atoms with van der Waals surface area (Å²) in [7, 11) is -3.25. The fourth-order valence-corrected chi connectivity index (χ4v) is 2.02. The van der Waals surface area contributed by atoms with E-state index in [1.807, 2.05) is 0 Å². The third-order valence-corrected chi connectivity index (χ3v) is 2.94. The standard InChI is InChI=1S/C6H16O4Si.Na.H/c1-4-8-11(7,9-5-2)10-6-3;;/h7H,4-6H2,1-3H3;;/q;+1;-1. The second-order valence-corrected chi connectivity index (χ2v) is 3.74. The Bertz CT molecular complexity index is 91.6. The SMILES string of the molecule is CCO[Si](O)(OCC)OCC.[H-].[Na+]. The van der Waals surface area contributed by atoms with Crippen LogP contribution in [0.1, 0.15) is 22.2 Å². The maximum absolute atomic E-state index is 9.48. The first-order valence-electron chi connectivity index (χ1n) is 3.82. The summed E-state index contributed by atoms with van der Waals surface area (Å²) in [4.78, 5) is 9.48. The first-order chi connectivity index (χ1) is 5.18. The molecule has 6 heteroatoms. The Morgan fingerprint density at radius 1 is 1.00 bits per heavy atom. The zero-order chi connectivity index (χ0) is 8.74. The minimum atomic E-state index is -3.25. The van der Waals surface area contributed by atoms with Crippen LogP contribution in [0.2, 0.25) is 0 Å². The van der Waals surface area contributed by atoms with Crippen molar-refractivity contribution < 1.29 is 49.1 Å². The van der Waals surface area contributed by atoms with Crippen molar-refractivity contribution in [3.8, 4) is 0 Å². The van der Waals surface area contributed by atoms with Crippen molar-refractivity contribution in [1.29, 1.82) is 0 Å². The Morgan fingerprint density at radius 2 is 1.25 bits per heavy atom. The molecule has 12 heavy (non-hydrogen) atoms. The van der Waals surface area contributed by atoms with Crippen LogP contribution in [0.15, 0.2) is 0 Å². The van der Waals surface area contributed by atoms with Crippen LogP contribution in [0, 0.1) is 0 Å². The van der Waals surface area contributed by atoms with Crippen LogP contribution < -0.4 is 29.6 Å². The Balaban J connectivity index is -0.000000500. The van der Waals surface area contributed by atoms with Crippen LogP contribution in [-0.2, 0) is 13.3 Å². The minimum absolute atomic E-state index is 0. The Morgan fingerprint density at radius 3 is 1.42 bits per heavy atom. The smallest absolute Gasteiger partial charge is 1.00 e. The van der Waals surface area contributed by atoms with Crippen LogP contribution in [0.5, 0.6) is 0 Å². The molecule has 0 aromatic carbocycles. The Hall–Kier alpha value is 1.06. The van der Waals surface area contributed by atoms with Gasteiger partial charge in [0.25, 0.3) is 0 Å². The molecule has 0 heterocycles. The molecule has 0 unspecified atom stereocenters. The molecule has 0 aromatic heterocycles.